The predicted molar refractivity (Wildman–Crippen MR) is 42.7 cm³/mol. The molecule has 0 aromatic heterocycles. The molecule has 0 aromatic carbocycles. The maximum absolute atomic E-state index is 8.92. The van der Waals surface area contributed by atoms with Gasteiger partial charge in [-0.3, -0.25) is 0 Å². The zero-order valence-electron chi connectivity index (χ0n) is 6.80. The zero-order chi connectivity index (χ0) is 7.56. The van der Waals surface area contributed by atoms with Crippen LogP contribution < -0.4 is 0 Å². The minimum atomic E-state index is 0.352. The lowest BCUT2D eigenvalue weighted by Crippen LogP contribution is -2.17. The quantitative estimate of drug-likeness (QED) is 0.552. The first-order valence-electron chi connectivity index (χ1n) is 4.02. The largest absolute Gasteiger partial charge is 0.396 e. The lowest BCUT2D eigenvalue weighted by molar-refractivity contribution is 0.186. The van der Waals surface area contributed by atoms with Crippen LogP contribution in [0.5, 0.6) is 0 Å². The second-order valence-electron chi connectivity index (χ2n) is 3.35. The molecule has 0 spiro atoms. The SMILES string of the molecule is CC1=C[C@H](C)[C@H](CO)CC1. The van der Waals surface area contributed by atoms with Crippen LogP contribution in [0.1, 0.15) is 26.7 Å². The van der Waals surface area contributed by atoms with Crippen LogP contribution in [0.3, 0.4) is 0 Å². The molecule has 0 aromatic rings. The predicted octanol–water partition coefficient (Wildman–Crippen LogP) is 1.97. The maximum Gasteiger partial charge on any atom is 0.0464 e. The first-order valence-corrected chi connectivity index (χ1v) is 4.02. The van der Waals surface area contributed by atoms with Crippen LogP contribution in [0.4, 0.5) is 0 Å². The number of hydrogen-bond acceptors (Lipinski definition) is 1. The summed E-state index contributed by atoms with van der Waals surface area (Å²) in [7, 11) is 0. The summed E-state index contributed by atoms with van der Waals surface area (Å²) in [6.07, 6.45) is 4.62. The Morgan fingerprint density at radius 1 is 1.70 bits per heavy atom. The van der Waals surface area contributed by atoms with E-state index >= 15 is 0 Å². The molecule has 1 heteroatoms. The van der Waals surface area contributed by atoms with E-state index in [2.05, 4.69) is 19.9 Å². The highest BCUT2D eigenvalue weighted by molar-refractivity contribution is 5.05. The third kappa shape index (κ3) is 1.60. The van der Waals surface area contributed by atoms with Gasteiger partial charge in [0.2, 0.25) is 0 Å². The Kier molecular flexibility index (Phi) is 2.50. The molecule has 0 fully saturated rings. The van der Waals surface area contributed by atoms with Gasteiger partial charge in [-0.25, -0.2) is 0 Å². The fourth-order valence-corrected chi connectivity index (χ4v) is 1.60. The average Bonchev–Trinajstić information content (AvgIpc) is 1.88. The van der Waals surface area contributed by atoms with E-state index in [-0.39, 0.29) is 0 Å². The fraction of sp³-hybridized carbons (Fsp3) is 0.778. The molecule has 10 heavy (non-hydrogen) atoms. The van der Waals surface area contributed by atoms with Gasteiger partial charge in [0.25, 0.3) is 0 Å². The first kappa shape index (κ1) is 7.80. The summed E-state index contributed by atoms with van der Waals surface area (Å²) in [6.45, 7) is 4.71. The Labute approximate surface area is 62.8 Å². The standard InChI is InChI=1S/C9H16O/c1-7-3-4-9(6-10)8(2)5-7/h5,8-10H,3-4,6H2,1-2H3/t8-,9-/m0/s1. The van der Waals surface area contributed by atoms with Crippen molar-refractivity contribution in [3.63, 3.8) is 0 Å². The molecule has 2 atom stereocenters. The number of rotatable bonds is 1. The molecule has 0 saturated carbocycles. The van der Waals surface area contributed by atoms with E-state index in [9.17, 15) is 0 Å². The zero-order valence-corrected chi connectivity index (χ0v) is 6.80. The third-order valence-electron chi connectivity index (χ3n) is 2.43. The lowest BCUT2D eigenvalue weighted by Gasteiger charge is -2.24. The Balaban J connectivity index is 2.55. The van der Waals surface area contributed by atoms with Crippen molar-refractivity contribution >= 4 is 0 Å². The second kappa shape index (κ2) is 3.20. The molecule has 1 N–H and O–H groups in total. The summed E-state index contributed by atoms with van der Waals surface area (Å²) in [4.78, 5) is 0. The van der Waals surface area contributed by atoms with Crippen LogP contribution in [-0.4, -0.2) is 11.7 Å². The minimum Gasteiger partial charge on any atom is -0.396 e. The van der Waals surface area contributed by atoms with Gasteiger partial charge in [-0.15, -0.1) is 0 Å². The highest BCUT2D eigenvalue weighted by Crippen LogP contribution is 2.27. The minimum absolute atomic E-state index is 0.352. The Hall–Kier alpha value is -0.300. The molecule has 0 heterocycles. The number of hydrogen-bond donors (Lipinski definition) is 1. The topological polar surface area (TPSA) is 20.2 Å². The molecule has 0 bridgehead atoms. The number of aliphatic hydroxyl groups excluding tert-OH is 1. The molecule has 0 unspecified atom stereocenters. The molecule has 58 valence electrons. The van der Waals surface area contributed by atoms with Crippen molar-refractivity contribution in [2.24, 2.45) is 11.8 Å². The molecule has 0 saturated heterocycles. The normalized spacial score (nSPS) is 33.7. The average molecular weight is 140 g/mol. The summed E-state index contributed by atoms with van der Waals surface area (Å²) in [6, 6.07) is 0. The Morgan fingerprint density at radius 2 is 2.40 bits per heavy atom. The Bertz CT molecular complexity index is 138. The van der Waals surface area contributed by atoms with Gasteiger partial charge in [-0.1, -0.05) is 18.6 Å². The van der Waals surface area contributed by atoms with E-state index in [0.717, 1.165) is 0 Å². The van der Waals surface area contributed by atoms with E-state index in [1.807, 2.05) is 0 Å². The van der Waals surface area contributed by atoms with Crippen LogP contribution in [0.2, 0.25) is 0 Å². The summed E-state index contributed by atoms with van der Waals surface area (Å²) in [5.74, 6) is 1.10. The van der Waals surface area contributed by atoms with Gasteiger partial charge in [0.15, 0.2) is 0 Å². The highest BCUT2D eigenvalue weighted by atomic mass is 16.3. The van der Waals surface area contributed by atoms with Crippen molar-refractivity contribution in [3.05, 3.63) is 11.6 Å². The summed E-state index contributed by atoms with van der Waals surface area (Å²) < 4.78 is 0. The van der Waals surface area contributed by atoms with Crippen LogP contribution in [0.25, 0.3) is 0 Å². The van der Waals surface area contributed by atoms with E-state index in [4.69, 9.17) is 5.11 Å². The first-order chi connectivity index (χ1) is 4.74. The lowest BCUT2D eigenvalue weighted by atomic mass is 9.83. The van der Waals surface area contributed by atoms with Gasteiger partial charge in [0.05, 0.1) is 0 Å². The fourth-order valence-electron chi connectivity index (χ4n) is 1.60. The smallest absolute Gasteiger partial charge is 0.0464 e. The van der Waals surface area contributed by atoms with E-state index in [1.54, 1.807) is 0 Å². The molecule has 1 nitrogen and oxygen atoms in total. The number of allylic oxidation sites excluding steroid dienone is 2. The van der Waals surface area contributed by atoms with Crippen molar-refractivity contribution < 1.29 is 5.11 Å². The summed E-state index contributed by atoms with van der Waals surface area (Å²) >= 11 is 0. The van der Waals surface area contributed by atoms with Gasteiger partial charge in [0.1, 0.15) is 0 Å². The number of aliphatic hydroxyl groups is 1. The van der Waals surface area contributed by atoms with Gasteiger partial charge in [-0.05, 0) is 31.6 Å². The summed E-state index contributed by atoms with van der Waals surface area (Å²) in [5, 5.41) is 8.92. The van der Waals surface area contributed by atoms with Gasteiger partial charge in [-0.2, -0.15) is 0 Å². The van der Waals surface area contributed by atoms with Crippen molar-refractivity contribution in [1.82, 2.24) is 0 Å². The van der Waals surface area contributed by atoms with Crippen molar-refractivity contribution in [1.29, 1.82) is 0 Å². The van der Waals surface area contributed by atoms with Gasteiger partial charge >= 0.3 is 0 Å². The molecule has 1 rings (SSSR count). The molecule has 0 aliphatic heterocycles. The summed E-state index contributed by atoms with van der Waals surface area (Å²) in [5.41, 5.74) is 1.48. The van der Waals surface area contributed by atoms with Crippen molar-refractivity contribution in [2.45, 2.75) is 26.7 Å². The maximum atomic E-state index is 8.92. The van der Waals surface area contributed by atoms with E-state index in [0.29, 0.717) is 18.4 Å². The second-order valence-corrected chi connectivity index (χ2v) is 3.35. The van der Waals surface area contributed by atoms with Crippen molar-refractivity contribution in [2.75, 3.05) is 6.61 Å². The van der Waals surface area contributed by atoms with E-state index in [1.165, 1.54) is 18.4 Å². The third-order valence-corrected chi connectivity index (χ3v) is 2.43. The van der Waals surface area contributed by atoms with Gasteiger partial charge in [0, 0.05) is 6.61 Å². The highest BCUT2D eigenvalue weighted by Gasteiger charge is 2.18. The van der Waals surface area contributed by atoms with E-state index < -0.39 is 0 Å². The molecular weight excluding hydrogens is 124 g/mol. The molecule has 1 aliphatic rings. The van der Waals surface area contributed by atoms with Gasteiger partial charge < -0.3 is 5.11 Å². The molecule has 1 aliphatic carbocycles. The van der Waals surface area contributed by atoms with Crippen molar-refractivity contribution in [3.8, 4) is 0 Å². The molecule has 0 amide bonds. The molecule has 0 radical (unpaired) electrons. The van der Waals surface area contributed by atoms with Crippen LogP contribution in [-0.2, 0) is 0 Å². The molecular formula is C9H16O. The van der Waals surface area contributed by atoms with Crippen LogP contribution in [0.15, 0.2) is 11.6 Å². The monoisotopic (exact) mass is 140 g/mol. The Morgan fingerprint density at radius 3 is 2.90 bits per heavy atom. The van der Waals surface area contributed by atoms with Crippen LogP contribution in [0, 0.1) is 11.8 Å². The van der Waals surface area contributed by atoms with Crippen LogP contribution >= 0.6 is 0 Å².